The number of aromatic nitrogens is 2. The number of rotatable bonds is 7. The monoisotopic (exact) mass is 452 g/mol. The maximum atomic E-state index is 13.6. The number of carbonyl (C=O) groups excluding carboxylic acids is 1. The molecule has 0 spiro atoms. The fourth-order valence-corrected chi connectivity index (χ4v) is 3.46. The van der Waals surface area contributed by atoms with Crippen molar-refractivity contribution in [1.29, 1.82) is 0 Å². The predicted octanol–water partition coefficient (Wildman–Crippen LogP) is 3.31. The molecule has 172 valence electrons. The summed E-state index contributed by atoms with van der Waals surface area (Å²) in [5.74, 6) is 0.665. The van der Waals surface area contributed by atoms with Gasteiger partial charge in [-0.05, 0) is 24.3 Å². The molecule has 4 rings (SSSR count). The number of halogens is 1. The number of hydrogen-bond acceptors (Lipinski definition) is 8. The molecule has 0 atom stereocenters. The average Bonchev–Trinajstić information content (AvgIpc) is 2.86. The first-order chi connectivity index (χ1) is 16.1. The maximum Gasteiger partial charge on any atom is 0.254 e. The Hall–Kier alpha value is -3.92. The van der Waals surface area contributed by atoms with Gasteiger partial charge in [-0.15, -0.1) is 0 Å². The van der Waals surface area contributed by atoms with Gasteiger partial charge < -0.3 is 30.3 Å². The highest BCUT2D eigenvalue weighted by atomic mass is 19.1. The van der Waals surface area contributed by atoms with Gasteiger partial charge in [0.05, 0.1) is 49.1 Å². The van der Waals surface area contributed by atoms with Crippen LogP contribution in [0.1, 0.15) is 10.4 Å². The molecular formula is C23H25FN6O3. The Labute approximate surface area is 190 Å². The van der Waals surface area contributed by atoms with Gasteiger partial charge in [0.2, 0.25) is 0 Å². The van der Waals surface area contributed by atoms with Crippen molar-refractivity contribution in [3.05, 3.63) is 60.2 Å². The van der Waals surface area contributed by atoms with Crippen LogP contribution in [0.4, 0.5) is 33.1 Å². The van der Waals surface area contributed by atoms with E-state index in [-0.39, 0.29) is 5.91 Å². The molecule has 1 saturated heterocycles. The van der Waals surface area contributed by atoms with Crippen LogP contribution in [0.25, 0.3) is 0 Å². The Balaban J connectivity index is 1.57. The number of carbonyl (C=O) groups is 1. The third kappa shape index (κ3) is 5.29. The number of methoxy groups -OCH3 is 1. The number of benzene rings is 1. The highest BCUT2D eigenvalue weighted by Gasteiger charge is 2.15. The van der Waals surface area contributed by atoms with Gasteiger partial charge in [0, 0.05) is 38.5 Å². The van der Waals surface area contributed by atoms with Gasteiger partial charge in [-0.25, -0.2) is 14.4 Å². The summed E-state index contributed by atoms with van der Waals surface area (Å²) in [5.41, 5.74) is 2.33. The molecule has 1 amide bonds. The van der Waals surface area contributed by atoms with E-state index in [1.165, 1.54) is 32.5 Å². The summed E-state index contributed by atoms with van der Waals surface area (Å²) in [6, 6.07) is 9.66. The number of pyridine rings is 2. The van der Waals surface area contributed by atoms with Crippen LogP contribution in [0.3, 0.4) is 0 Å². The molecule has 2 aromatic heterocycles. The zero-order valence-electron chi connectivity index (χ0n) is 18.4. The number of nitrogens with zero attached hydrogens (tertiary/aromatic N) is 3. The van der Waals surface area contributed by atoms with Crippen molar-refractivity contribution in [2.75, 3.05) is 56.0 Å². The Morgan fingerprint density at radius 2 is 1.82 bits per heavy atom. The molecule has 33 heavy (non-hydrogen) atoms. The summed E-state index contributed by atoms with van der Waals surface area (Å²) in [6.45, 7) is 3.07. The Morgan fingerprint density at radius 1 is 1.03 bits per heavy atom. The molecule has 0 bridgehead atoms. The third-order valence-electron chi connectivity index (χ3n) is 5.19. The van der Waals surface area contributed by atoms with E-state index in [9.17, 15) is 9.18 Å². The topological polar surface area (TPSA) is 101 Å². The minimum Gasteiger partial charge on any atom is -0.494 e. The van der Waals surface area contributed by atoms with Gasteiger partial charge in [-0.3, -0.25) is 4.79 Å². The fourth-order valence-electron chi connectivity index (χ4n) is 3.46. The van der Waals surface area contributed by atoms with Crippen molar-refractivity contribution in [3.8, 4) is 5.75 Å². The smallest absolute Gasteiger partial charge is 0.254 e. The molecular weight excluding hydrogens is 427 g/mol. The first kappa shape index (κ1) is 22.3. The quantitative estimate of drug-likeness (QED) is 0.502. The van der Waals surface area contributed by atoms with E-state index < -0.39 is 5.82 Å². The van der Waals surface area contributed by atoms with Gasteiger partial charge in [0.15, 0.2) is 0 Å². The lowest BCUT2D eigenvalue weighted by Gasteiger charge is -2.28. The zero-order valence-corrected chi connectivity index (χ0v) is 18.4. The molecule has 9 nitrogen and oxygen atoms in total. The van der Waals surface area contributed by atoms with Crippen molar-refractivity contribution in [2.24, 2.45) is 0 Å². The van der Waals surface area contributed by atoms with Crippen LogP contribution in [0, 0.1) is 5.82 Å². The molecule has 1 aromatic carbocycles. The number of hydrogen-bond donors (Lipinski definition) is 3. The van der Waals surface area contributed by atoms with E-state index in [4.69, 9.17) is 9.47 Å². The van der Waals surface area contributed by atoms with Crippen molar-refractivity contribution >= 4 is 34.6 Å². The van der Waals surface area contributed by atoms with Gasteiger partial charge in [0.1, 0.15) is 23.2 Å². The second-order valence-electron chi connectivity index (χ2n) is 7.29. The molecule has 3 N–H and O–H groups in total. The minimum atomic E-state index is -0.424. The number of amides is 1. The number of ether oxygens (including phenoxy) is 2. The van der Waals surface area contributed by atoms with Crippen LogP contribution in [-0.2, 0) is 4.74 Å². The van der Waals surface area contributed by atoms with Crippen LogP contribution in [0.15, 0.2) is 48.8 Å². The van der Waals surface area contributed by atoms with E-state index in [1.54, 1.807) is 18.3 Å². The summed E-state index contributed by atoms with van der Waals surface area (Å²) in [5, 5.41) is 8.89. The second-order valence-corrected chi connectivity index (χ2v) is 7.29. The molecule has 0 saturated carbocycles. The lowest BCUT2D eigenvalue weighted by atomic mass is 10.2. The predicted molar refractivity (Wildman–Crippen MR) is 124 cm³/mol. The van der Waals surface area contributed by atoms with Crippen molar-refractivity contribution in [3.63, 3.8) is 0 Å². The Bertz CT molecular complexity index is 1120. The maximum absolute atomic E-state index is 13.6. The number of nitrogens with one attached hydrogen (secondary N) is 3. The standard InChI is InChI=1S/C23H25FN6O3/c1-25-23(31)17-14-27-22(12-19(17)28-18-5-3-15(24)11-20(18)32-2)29-21-6-4-16(13-26-21)30-7-9-33-10-8-30/h3-6,11-14H,7-10H2,1-2H3,(H,25,31)(H2,26,27,28,29). The molecule has 1 aliphatic rings. The highest BCUT2D eigenvalue weighted by molar-refractivity contribution is 6.00. The first-order valence-electron chi connectivity index (χ1n) is 10.5. The van der Waals surface area contributed by atoms with E-state index in [0.717, 1.165) is 18.8 Å². The SMILES string of the molecule is CNC(=O)c1cnc(Nc2ccc(N3CCOCC3)cn2)cc1Nc1ccc(F)cc1OC. The fraction of sp³-hybridized carbons (Fsp3) is 0.261. The molecule has 10 heteroatoms. The molecule has 0 unspecified atom stereocenters. The van der Waals surface area contributed by atoms with Crippen LogP contribution in [-0.4, -0.2) is 56.3 Å². The molecule has 3 aromatic rings. The third-order valence-corrected chi connectivity index (χ3v) is 5.19. The van der Waals surface area contributed by atoms with E-state index >= 15 is 0 Å². The number of anilines is 5. The summed E-state index contributed by atoms with van der Waals surface area (Å²) in [7, 11) is 2.99. The second kappa shape index (κ2) is 10.1. The van der Waals surface area contributed by atoms with Crippen LogP contribution < -0.4 is 25.6 Å². The first-order valence-corrected chi connectivity index (χ1v) is 10.5. The zero-order chi connectivity index (χ0) is 23.2. The average molecular weight is 452 g/mol. The molecule has 1 fully saturated rings. The minimum absolute atomic E-state index is 0.310. The van der Waals surface area contributed by atoms with E-state index in [2.05, 4.69) is 30.8 Å². The summed E-state index contributed by atoms with van der Waals surface area (Å²) < 4.78 is 24.2. The van der Waals surface area contributed by atoms with Crippen LogP contribution in [0.5, 0.6) is 5.75 Å². The molecule has 1 aliphatic heterocycles. The molecule has 3 heterocycles. The van der Waals surface area contributed by atoms with Crippen LogP contribution >= 0.6 is 0 Å². The largest absolute Gasteiger partial charge is 0.494 e. The van der Waals surface area contributed by atoms with Crippen LogP contribution in [0.2, 0.25) is 0 Å². The van der Waals surface area contributed by atoms with Crippen molar-refractivity contribution < 1.29 is 18.7 Å². The Kier molecular flexibility index (Phi) is 6.84. The summed E-state index contributed by atoms with van der Waals surface area (Å²) in [4.78, 5) is 23.4. The molecule has 0 radical (unpaired) electrons. The van der Waals surface area contributed by atoms with E-state index in [1.807, 2.05) is 12.1 Å². The number of morpholine rings is 1. The van der Waals surface area contributed by atoms with E-state index in [0.29, 0.717) is 47.5 Å². The van der Waals surface area contributed by atoms with Gasteiger partial charge >= 0.3 is 0 Å². The lowest BCUT2D eigenvalue weighted by Crippen LogP contribution is -2.36. The normalized spacial score (nSPS) is 13.4. The Morgan fingerprint density at radius 3 is 2.52 bits per heavy atom. The van der Waals surface area contributed by atoms with Crippen molar-refractivity contribution in [2.45, 2.75) is 0 Å². The summed E-state index contributed by atoms with van der Waals surface area (Å²) >= 11 is 0. The van der Waals surface area contributed by atoms with Gasteiger partial charge in [-0.1, -0.05) is 0 Å². The van der Waals surface area contributed by atoms with Gasteiger partial charge in [0.25, 0.3) is 5.91 Å². The lowest BCUT2D eigenvalue weighted by molar-refractivity contribution is 0.0963. The van der Waals surface area contributed by atoms with Gasteiger partial charge in [-0.2, -0.15) is 0 Å². The molecule has 0 aliphatic carbocycles. The highest BCUT2D eigenvalue weighted by Crippen LogP contribution is 2.31. The van der Waals surface area contributed by atoms with Crippen molar-refractivity contribution in [1.82, 2.24) is 15.3 Å². The summed E-state index contributed by atoms with van der Waals surface area (Å²) in [6.07, 6.45) is 3.26.